The molecule has 1 fully saturated rings. The van der Waals surface area contributed by atoms with E-state index in [0.29, 0.717) is 12.1 Å². The second-order valence-corrected chi connectivity index (χ2v) is 6.81. The number of nitrogens with zero attached hydrogens (tertiary/aromatic N) is 2. The molecule has 26 heavy (non-hydrogen) atoms. The van der Waals surface area contributed by atoms with Crippen molar-refractivity contribution < 1.29 is 9.90 Å². The van der Waals surface area contributed by atoms with E-state index in [1.54, 1.807) is 6.20 Å². The highest BCUT2D eigenvalue weighted by atomic mass is 16.3. The fourth-order valence-corrected chi connectivity index (χ4v) is 3.67. The minimum atomic E-state index is -0.0907. The minimum absolute atomic E-state index is 0.0907. The summed E-state index contributed by atoms with van der Waals surface area (Å²) in [6.07, 6.45) is 5.10. The Morgan fingerprint density at radius 2 is 2.08 bits per heavy atom. The van der Waals surface area contributed by atoms with Crippen LogP contribution in [0.3, 0.4) is 0 Å². The standard InChI is InChI=1S/C21H27N3O2/c1-16-20(19(10-11-22-16)17-7-3-2-4-8-17)21(26)23-12-14-24-13-6-5-9-18(24)15-25/h2-4,7-8,10-11,18,25H,5-6,9,12-15H2,1H3,(H,23,26)/t18-/m0/s1. The minimum Gasteiger partial charge on any atom is -0.395 e. The number of hydrogen-bond acceptors (Lipinski definition) is 4. The molecular formula is C21H27N3O2. The van der Waals surface area contributed by atoms with Crippen LogP contribution in [-0.2, 0) is 0 Å². The molecule has 0 radical (unpaired) electrons. The van der Waals surface area contributed by atoms with E-state index < -0.39 is 0 Å². The van der Waals surface area contributed by atoms with Crippen LogP contribution >= 0.6 is 0 Å². The van der Waals surface area contributed by atoms with Crippen LogP contribution < -0.4 is 5.32 Å². The normalized spacial score (nSPS) is 17.8. The molecule has 2 heterocycles. The first-order valence-corrected chi connectivity index (χ1v) is 9.35. The third kappa shape index (κ3) is 4.29. The van der Waals surface area contributed by atoms with Crippen LogP contribution in [0.25, 0.3) is 11.1 Å². The summed E-state index contributed by atoms with van der Waals surface area (Å²) in [5, 5.41) is 12.5. The zero-order chi connectivity index (χ0) is 18.4. The summed E-state index contributed by atoms with van der Waals surface area (Å²) in [7, 11) is 0. The van der Waals surface area contributed by atoms with Gasteiger partial charge in [0.25, 0.3) is 5.91 Å². The maximum absolute atomic E-state index is 12.8. The Bertz CT molecular complexity index is 733. The molecule has 1 saturated heterocycles. The van der Waals surface area contributed by atoms with E-state index in [9.17, 15) is 9.90 Å². The van der Waals surface area contributed by atoms with E-state index in [4.69, 9.17) is 0 Å². The fraction of sp³-hybridized carbons (Fsp3) is 0.429. The molecule has 1 atom stereocenters. The second kappa shape index (κ2) is 8.92. The topological polar surface area (TPSA) is 65.5 Å². The van der Waals surface area contributed by atoms with Gasteiger partial charge in [0.1, 0.15) is 0 Å². The van der Waals surface area contributed by atoms with Crippen LogP contribution in [0.5, 0.6) is 0 Å². The van der Waals surface area contributed by atoms with Crippen molar-refractivity contribution in [1.82, 2.24) is 15.2 Å². The van der Waals surface area contributed by atoms with E-state index in [0.717, 1.165) is 42.8 Å². The van der Waals surface area contributed by atoms with Crippen molar-refractivity contribution in [3.8, 4) is 11.1 Å². The third-order valence-electron chi connectivity index (χ3n) is 5.10. The Hall–Kier alpha value is -2.24. The van der Waals surface area contributed by atoms with Crippen LogP contribution in [0.4, 0.5) is 0 Å². The number of aliphatic hydroxyl groups is 1. The SMILES string of the molecule is Cc1nccc(-c2ccccc2)c1C(=O)NCCN1CCCC[C@H]1CO. The van der Waals surface area contributed by atoms with Crippen LogP contribution in [0.15, 0.2) is 42.6 Å². The molecule has 2 N–H and O–H groups in total. The Morgan fingerprint density at radius 1 is 1.27 bits per heavy atom. The molecule has 0 saturated carbocycles. The number of aromatic nitrogens is 1. The highest BCUT2D eigenvalue weighted by Gasteiger charge is 2.22. The number of rotatable bonds is 6. The average molecular weight is 353 g/mol. The highest BCUT2D eigenvalue weighted by Crippen LogP contribution is 2.24. The summed E-state index contributed by atoms with van der Waals surface area (Å²) < 4.78 is 0. The number of benzene rings is 1. The molecule has 2 aromatic rings. The average Bonchev–Trinajstić information content (AvgIpc) is 2.68. The van der Waals surface area contributed by atoms with Crippen molar-refractivity contribution in [3.05, 3.63) is 53.9 Å². The predicted molar refractivity (Wildman–Crippen MR) is 103 cm³/mol. The maximum atomic E-state index is 12.8. The number of pyridine rings is 1. The first-order valence-electron chi connectivity index (χ1n) is 9.35. The zero-order valence-electron chi connectivity index (χ0n) is 15.3. The van der Waals surface area contributed by atoms with Crippen LogP contribution in [0.1, 0.15) is 35.3 Å². The second-order valence-electron chi connectivity index (χ2n) is 6.81. The summed E-state index contributed by atoms with van der Waals surface area (Å²) in [6.45, 7) is 4.37. The number of hydrogen-bond donors (Lipinski definition) is 2. The monoisotopic (exact) mass is 353 g/mol. The summed E-state index contributed by atoms with van der Waals surface area (Å²) in [5.41, 5.74) is 3.28. The fourth-order valence-electron chi connectivity index (χ4n) is 3.67. The Kier molecular flexibility index (Phi) is 6.36. The number of aliphatic hydroxyl groups excluding tert-OH is 1. The van der Waals surface area contributed by atoms with Crippen molar-refractivity contribution in [3.63, 3.8) is 0 Å². The lowest BCUT2D eigenvalue weighted by Gasteiger charge is -2.34. The van der Waals surface area contributed by atoms with Gasteiger partial charge in [-0.25, -0.2) is 0 Å². The first kappa shape index (κ1) is 18.5. The van der Waals surface area contributed by atoms with Crippen molar-refractivity contribution in [2.24, 2.45) is 0 Å². The summed E-state index contributed by atoms with van der Waals surface area (Å²) in [5.74, 6) is -0.0907. The summed E-state index contributed by atoms with van der Waals surface area (Å²) >= 11 is 0. The van der Waals surface area contributed by atoms with Crippen LogP contribution in [-0.4, -0.2) is 53.2 Å². The molecule has 0 aliphatic carbocycles. The number of carbonyl (C=O) groups excluding carboxylic acids is 1. The Morgan fingerprint density at radius 3 is 2.85 bits per heavy atom. The molecule has 1 aliphatic rings. The number of amides is 1. The Balaban J connectivity index is 1.68. The molecule has 0 unspecified atom stereocenters. The lowest BCUT2D eigenvalue weighted by atomic mass is 9.99. The van der Waals surface area contributed by atoms with Crippen molar-refractivity contribution in [2.75, 3.05) is 26.2 Å². The molecule has 1 aromatic carbocycles. The van der Waals surface area contributed by atoms with E-state index in [2.05, 4.69) is 15.2 Å². The van der Waals surface area contributed by atoms with E-state index in [1.807, 2.05) is 43.3 Å². The number of likely N-dealkylation sites (tertiary alicyclic amines) is 1. The molecule has 1 amide bonds. The van der Waals surface area contributed by atoms with E-state index >= 15 is 0 Å². The predicted octanol–water partition coefficient (Wildman–Crippen LogP) is 2.63. The van der Waals surface area contributed by atoms with Gasteiger partial charge in [-0.3, -0.25) is 14.7 Å². The van der Waals surface area contributed by atoms with Gasteiger partial charge < -0.3 is 10.4 Å². The molecule has 0 spiro atoms. The van der Waals surface area contributed by atoms with Crippen molar-refractivity contribution >= 4 is 5.91 Å². The molecule has 5 heteroatoms. The number of nitrogens with one attached hydrogen (secondary N) is 1. The van der Waals surface area contributed by atoms with Crippen LogP contribution in [0.2, 0.25) is 0 Å². The van der Waals surface area contributed by atoms with Crippen LogP contribution in [0, 0.1) is 6.92 Å². The maximum Gasteiger partial charge on any atom is 0.253 e. The lowest BCUT2D eigenvalue weighted by molar-refractivity contribution is 0.0849. The summed E-state index contributed by atoms with van der Waals surface area (Å²) in [4.78, 5) is 19.4. The molecule has 138 valence electrons. The molecule has 5 nitrogen and oxygen atoms in total. The van der Waals surface area contributed by atoms with E-state index in [-0.39, 0.29) is 18.6 Å². The molecule has 1 aromatic heterocycles. The van der Waals surface area contributed by atoms with Crippen molar-refractivity contribution in [2.45, 2.75) is 32.2 Å². The first-order chi connectivity index (χ1) is 12.7. The Labute approximate surface area is 155 Å². The van der Waals surface area contributed by atoms with Gasteiger partial charge in [0, 0.05) is 25.3 Å². The lowest BCUT2D eigenvalue weighted by Crippen LogP contribution is -2.45. The third-order valence-corrected chi connectivity index (χ3v) is 5.10. The van der Waals surface area contributed by atoms with Gasteiger partial charge in [-0.15, -0.1) is 0 Å². The molecular weight excluding hydrogens is 326 g/mol. The van der Waals surface area contributed by atoms with E-state index in [1.165, 1.54) is 6.42 Å². The van der Waals surface area contributed by atoms with Crippen molar-refractivity contribution in [1.29, 1.82) is 0 Å². The molecule has 1 aliphatic heterocycles. The van der Waals surface area contributed by atoms with Gasteiger partial charge in [0.15, 0.2) is 0 Å². The molecule has 0 bridgehead atoms. The van der Waals surface area contributed by atoms with Gasteiger partial charge >= 0.3 is 0 Å². The number of aryl methyl sites for hydroxylation is 1. The highest BCUT2D eigenvalue weighted by molar-refractivity contribution is 6.01. The van der Waals surface area contributed by atoms with Gasteiger partial charge in [0.2, 0.25) is 0 Å². The number of carbonyl (C=O) groups is 1. The summed E-state index contributed by atoms with van der Waals surface area (Å²) in [6, 6.07) is 12.0. The molecule has 3 rings (SSSR count). The van der Waals surface area contributed by atoms with Gasteiger partial charge in [-0.2, -0.15) is 0 Å². The smallest absolute Gasteiger partial charge is 0.253 e. The van der Waals surface area contributed by atoms with Gasteiger partial charge in [0.05, 0.1) is 17.9 Å². The zero-order valence-corrected chi connectivity index (χ0v) is 15.3. The number of piperidine rings is 1. The quantitative estimate of drug-likeness (QED) is 0.838. The largest absolute Gasteiger partial charge is 0.395 e. The van der Waals surface area contributed by atoms with Gasteiger partial charge in [-0.05, 0) is 43.5 Å². The van der Waals surface area contributed by atoms with Gasteiger partial charge in [-0.1, -0.05) is 36.8 Å².